The van der Waals surface area contributed by atoms with Crippen molar-refractivity contribution in [3.63, 3.8) is 0 Å². The largest absolute Gasteiger partial charge is 0.496 e. The van der Waals surface area contributed by atoms with E-state index in [1.807, 2.05) is 25.2 Å². The highest BCUT2D eigenvalue weighted by Gasteiger charge is 2.12. The first-order valence-corrected chi connectivity index (χ1v) is 6.58. The average molecular weight is 265 g/mol. The second-order valence-corrected chi connectivity index (χ2v) is 4.84. The lowest BCUT2D eigenvalue weighted by molar-refractivity contribution is -0.137. The Morgan fingerprint density at radius 3 is 2.74 bits per heavy atom. The molecule has 1 rings (SSSR count). The highest BCUT2D eigenvalue weighted by molar-refractivity contribution is 5.66. The number of carboxylic acid groups (broad SMARTS) is 1. The molecule has 0 radical (unpaired) electrons. The number of hydrogen-bond acceptors (Lipinski definition) is 3. The number of likely N-dealkylation sites (N-methyl/N-ethyl adjacent to an activating group) is 1. The first-order valence-electron chi connectivity index (χ1n) is 6.58. The molecule has 0 saturated carbocycles. The van der Waals surface area contributed by atoms with Gasteiger partial charge in [-0.15, -0.1) is 0 Å². The molecule has 1 aromatic rings. The number of rotatable bonds is 8. The molecule has 0 spiro atoms. The van der Waals surface area contributed by atoms with Crippen molar-refractivity contribution in [2.75, 3.05) is 20.7 Å². The zero-order valence-electron chi connectivity index (χ0n) is 11.9. The van der Waals surface area contributed by atoms with Gasteiger partial charge in [-0.3, -0.25) is 4.79 Å². The van der Waals surface area contributed by atoms with E-state index in [2.05, 4.69) is 17.9 Å². The Hall–Kier alpha value is -1.55. The topological polar surface area (TPSA) is 49.8 Å². The van der Waals surface area contributed by atoms with Crippen LogP contribution in [0.3, 0.4) is 0 Å². The van der Waals surface area contributed by atoms with E-state index in [1.54, 1.807) is 7.11 Å². The summed E-state index contributed by atoms with van der Waals surface area (Å²) in [5, 5.41) is 8.63. The van der Waals surface area contributed by atoms with Gasteiger partial charge in [-0.2, -0.15) is 0 Å². The number of carbonyl (C=O) groups is 1. The summed E-state index contributed by atoms with van der Waals surface area (Å²) in [6.45, 7) is 2.94. The quantitative estimate of drug-likeness (QED) is 0.784. The molecule has 0 aromatic heterocycles. The molecule has 106 valence electrons. The molecule has 0 aliphatic carbocycles. The molecule has 19 heavy (non-hydrogen) atoms. The molecule has 1 aromatic carbocycles. The zero-order chi connectivity index (χ0) is 14.3. The molecule has 4 nitrogen and oxygen atoms in total. The Labute approximate surface area is 115 Å². The number of para-hydroxylation sites is 1. The van der Waals surface area contributed by atoms with Gasteiger partial charge in [0, 0.05) is 12.5 Å². The average Bonchev–Trinajstić information content (AvgIpc) is 2.38. The van der Waals surface area contributed by atoms with E-state index in [4.69, 9.17) is 9.84 Å². The van der Waals surface area contributed by atoms with Gasteiger partial charge in [0.1, 0.15) is 5.75 Å². The summed E-state index contributed by atoms with van der Waals surface area (Å²) in [6, 6.07) is 8.36. The molecule has 0 aliphatic rings. The van der Waals surface area contributed by atoms with Gasteiger partial charge < -0.3 is 14.7 Å². The minimum Gasteiger partial charge on any atom is -0.496 e. The van der Waals surface area contributed by atoms with E-state index < -0.39 is 5.97 Å². The fourth-order valence-electron chi connectivity index (χ4n) is 2.05. The second kappa shape index (κ2) is 7.79. The van der Waals surface area contributed by atoms with E-state index in [-0.39, 0.29) is 6.42 Å². The standard InChI is InChI=1S/C15H23NO3/c1-12(16(2)10-6-9-15(17)18)11-13-7-4-5-8-14(13)19-3/h4-5,7-8,12H,6,9-11H2,1-3H3,(H,17,18). The first-order chi connectivity index (χ1) is 9.04. The van der Waals surface area contributed by atoms with E-state index in [1.165, 1.54) is 5.56 Å². The minimum atomic E-state index is -0.731. The highest BCUT2D eigenvalue weighted by Crippen LogP contribution is 2.20. The van der Waals surface area contributed by atoms with E-state index in [0.29, 0.717) is 12.5 Å². The van der Waals surface area contributed by atoms with Crippen LogP contribution >= 0.6 is 0 Å². The molecule has 0 saturated heterocycles. The molecular formula is C15H23NO3. The summed E-state index contributed by atoms with van der Waals surface area (Å²) in [4.78, 5) is 12.7. The summed E-state index contributed by atoms with van der Waals surface area (Å²) in [5.41, 5.74) is 1.18. The van der Waals surface area contributed by atoms with Gasteiger partial charge in [0.25, 0.3) is 0 Å². The number of aliphatic carboxylic acids is 1. The van der Waals surface area contributed by atoms with Gasteiger partial charge in [0.15, 0.2) is 0 Å². The summed E-state index contributed by atoms with van der Waals surface area (Å²) in [6.07, 6.45) is 1.81. The number of methoxy groups -OCH3 is 1. The maximum absolute atomic E-state index is 10.5. The summed E-state index contributed by atoms with van der Waals surface area (Å²) >= 11 is 0. The van der Waals surface area contributed by atoms with Crippen LogP contribution in [0.15, 0.2) is 24.3 Å². The van der Waals surface area contributed by atoms with Crippen LogP contribution in [0.5, 0.6) is 5.75 Å². The predicted molar refractivity (Wildman–Crippen MR) is 75.7 cm³/mol. The maximum Gasteiger partial charge on any atom is 0.303 e. The van der Waals surface area contributed by atoms with Crippen LogP contribution in [0.1, 0.15) is 25.3 Å². The number of benzene rings is 1. The Morgan fingerprint density at radius 2 is 2.11 bits per heavy atom. The lowest BCUT2D eigenvalue weighted by Gasteiger charge is -2.25. The fraction of sp³-hybridized carbons (Fsp3) is 0.533. The third-order valence-corrected chi connectivity index (χ3v) is 3.36. The minimum absolute atomic E-state index is 0.228. The molecule has 1 unspecified atom stereocenters. The Kier molecular flexibility index (Phi) is 6.36. The molecule has 1 atom stereocenters. The molecule has 0 bridgehead atoms. The molecule has 1 N–H and O–H groups in total. The smallest absolute Gasteiger partial charge is 0.303 e. The molecular weight excluding hydrogens is 242 g/mol. The van der Waals surface area contributed by atoms with Crippen molar-refractivity contribution in [2.24, 2.45) is 0 Å². The lowest BCUT2D eigenvalue weighted by atomic mass is 10.0. The van der Waals surface area contributed by atoms with Crippen LogP contribution in [-0.4, -0.2) is 42.7 Å². The molecule has 0 amide bonds. The predicted octanol–water partition coefficient (Wildman–Crippen LogP) is 2.42. The van der Waals surface area contributed by atoms with Crippen LogP contribution in [-0.2, 0) is 11.2 Å². The molecule has 0 heterocycles. The summed E-state index contributed by atoms with van der Waals surface area (Å²) < 4.78 is 5.34. The third kappa shape index (κ3) is 5.30. The third-order valence-electron chi connectivity index (χ3n) is 3.36. The Balaban J connectivity index is 2.49. The molecule has 0 fully saturated rings. The van der Waals surface area contributed by atoms with Crippen molar-refractivity contribution in [1.82, 2.24) is 4.90 Å². The number of ether oxygens (including phenoxy) is 1. The van der Waals surface area contributed by atoms with Crippen LogP contribution in [0.2, 0.25) is 0 Å². The van der Waals surface area contributed by atoms with Crippen molar-refractivity contribution in [2.45, 2.75) is 32.2 Å². The van der Waals surface area contributed by atoms with Gasteiger partial charge in [-0.05, 0) is 45.0 Å². The van der Waals surface area contributed by atoms with Crippen molar-refractivity contribution < 1.29 is 14.6 Å². The van der Waals surface area contributed by atoms with Gasteiger partial charge in [-0.25, -0.2) is 0 Å². The van der Waals surface area contributed by atoms with Crippen LogP contribution in [0, 0.1) is 0 Å². The van der Waals surface area contributed by atoms with Gasteiger partial charge in [0.2, 0.25) is 0 Å². The summed E-state index contributed by atoms with van der Waals surface area (Å²) in [7, 11) is 3.71. The SMILES string of the molecule is COc1ccccc1CC(C)N(C)CCCC(=O)O. The Bertz CT molecular complexity index is 406. The van der Waals surface area contributed by atoms with Gasteiger partial charge in [-0.1, -0.05) is 18.2 Å². The van der Waals surface area contributed by atoms with Gasteiger partial charge >= 0.3 is 5.97 Å². The number of hydrogen-bond donors (Lipinski definition) is 1. The fourth-order valence-corrected chi connectivity index (χ4v) is 2.05. The first kappa shape index (κ1) is 15.5. The Morgan fingerprint density at radius 1 is 1.42 bits per heavy atom. The van der Waals surface area contributed by atoms with Crippen molar-refractivity contribution >= 4 is 5.97 Å². The lowest BCUT2D eigenvalue weighted by Crippen LogP contribution is -2.32. The number of carboxylic acids is 1. The monoisotopic (exact) mass is 265 g/mol. The van der Waals surface area contributed by atoms with Crippen LogP contribution < -0.4 is 4.74 Å². The zero-order valence-corrected chi connectivity index (χ0v) is 11.9. The number of nitrogens with zero attached hydrogens (tertiary/aromatic N) is 1. The normalized spacial score (nSPS) is 12.4. The van der Waals surface area contributed by atoms with E-state index in [0.717, 1.165) is 18.7 Å². The second-order valence-electron chi connectivity index (χ2n) is 4.84. The highest BCUT2D eigenvalue weighted by atomic mass is 16.5. The van der Waals surface area contributed by atoms with Gasteiger partial charge in [0.05, 0.1) is 7.11 Å². The molecule has 4 heteroatoms. The van der Waals surface area contributed by atoms with E-state index >= 15 is 0 Å². The van der Waals surface area contributed by atoms with E-state index in [9.17, 15) is 4.79 Å². The maximum atomic E-state index is 10.5. The summed E-state index contributed by atoms with van der Waals surface area (Å²) in [5.74, 6) is 0.180. The van der Waals surface area contributed by atoms with Crippen molar-refractivity contribution in [1.29, 1.82) is 0 Å². The van der Waals surface area contributed by atoms with Crippen LogP contribution in [0.4, 0.5) is 0 Å². The van der Waals surface area contributed by atoms with Crippen LogP contribution in [0.25, 0.3) is 0 Å². The van der Waals surface area contributed by atoms with Crippen molar-refractivity contribution in [3.8, 4) is 5.75 Å². The molecule has 0 aliphatic heterocycles. The van der Waals surface area contributed by atoms with Crippen molar-refractivity contribution in [3.05, 3.63) is 29.8 Å².